The number of ether oxygens (including phenoxy) is 1. The Kier molecular flexibility index (Phi) is 3.90. The summed E-state index contributed by atoms with van der Waals surface area (Å²) < 4.78 is 28.7. The molecule has 5 heteroatoms. The minimum Gasteiger partial charge on any atom is -0.457 e. The maximum Gasteiger partial charge on any atom is 0.175 e. The van der Waals surface area contributed by atoms with Crippen molar-refractivity contribution in [2.45, 2.75) is 11.8 Å². The second kappa shape index (κ2) is 5.46. The van der Waals surface area contributed by atoms with Gasteiger partial charge in [0.05, 0.1) is 4.90 Å². The molecule has 0 N–H and O–H groups in total. The average molecular weight is 290 g/mol. The molecule has 0 atom stereocenters. The molecule has 0 saturated heterocycles. The maximum absolute atomic E-state index is 11.5. The minimum atomic E-state index is -3.26. The van der Waals surface area contributed by atoms with Crippen molar-refractivity contribution in [3.05, 3.63) is 53.6 Å². The normalized spacial score (nSPS) is 11.1. The zero-order valence-electron chi connectivity index (χ0n) is 11.2. The number of benzene rings is 2. The number of carbonyl (C=O) groups excluding carboxylic acids is 1. The highest BCUT2D eigenvalue weighted by Crippen LogP contribution is 2.27. The van der Waals surface area contributed by atoms with E-state index < -0.39 is 9.84 Å². The fourth-order valence-electron chi connectivity index (χ4n) is 1.76. The largest absolute Gasteiger partial charge is 0.457 e. The highest BCUT2D eigenvalue weighted by atomic mass is 32.2. The molecule has 0 heterocycles. The van der Waals surface area contributed by atoms with E-state index in [9.17, 15) is 13.2 Å². The van der Waals surface area contributed by atoms with Gasteiger partial charge in [0.15, 0.2) is 9.84 Å². The molecule has 2 rings (SSSR count). The van der Waals surface area contributed by atoms with E-state index >= 15 is 0 Å². The van der Waals surface area contributed by atoms with E-state index in [-0.39, 0.29) is 4.90 Å². The van der Waals surface area contributed by atoms with Crippen LogP contribution >= 0.6 is 0 Å². The lowest BCUT2D eigenvalue weighted by Crippen LogP contribution is -1.97. The fourth-order valence-corrected chi connectivity index (χ4v) is 2.41. The molecule has 0 fully saturated rings. The van der Waals surface area contributed by atoms with Gasteiger partial charge in [0.2, 0.25) is 0 Å². The van der Waals surface area contributed by atoms with Crippen molar-refractivity contribution in [1.82, 2.24) is 0 Å². The molecule has 0 radical (unpaired) electrons. The summed E-state index contributed by atoms with van der Waals surface area (Å²) in [4.78, 5) is 10.9. The van der Waals surface area contributed by atoms with Gasteiger partial charge in [-0.3, -0.25) is 4.79 Å². The van der Waals surface area contributed by atoms with Crippen LogP contribution in [0.1, 0.15) is 15.9 Å². The summed E-state index contributed by atoms with van der Waals surface area (Å²) in [5.41, 5.74) is 1.37. The summed E-state index contributed by atoms with van der Waals surface area (Å²) in [6.45, 7) is 1.82. The number of hydrogen-bond acceptors (Lipinski definition) is 4. The van der Waals surface area contributed by atoms with Crippen molar-refractivity contribution in [3.8, 4) is 11.5 Å². The molecular formula is C15H14O4S. The van der Waals surface area contributed by atoms with E-state index in [0.717, 1.165) is 18.1 Å². The van der Waals surface area contributed by atoms with E-state index in [4.69, 9.17) is 4.74 Å². The first kappa shape index (κ1) is 14.3. The van der Waals surface area contributed by atoms with Crippen molar-refractivity contribution in [2.24, 2.45) is 0 Å². The van der Waals surface area contributed by atoms with Gasteiger partial charge in [-0.1, -0.05) is 6.07 Å². The quantitative estimate of drug-likeness (QED) is 0.812. The lowest BCUT2D eigenvalue weighted by atomic mass is 10.1. The number of rotatable bonds is 4. The lowest BCUT2D eigenvalue weighted by molar-refractivity contribution is 0.112. The summed E-state index contributed by atoms with van der Waals surface area (Å²) in [5.74, 6) is 1.02. The zero-order chi connectivity index (χ0) is 14.8. The highest BCUT2D eigenvalue weighted by Gasteiger charge is 2.09. The van der Waals surface area contributed by atoms with Crippen molar-refractivity contribution < 1.29 is 17.9 Å². The Morgan fingerprint density at radius 3 is 2.45 bits per heavy atom. The van der Waals surface area contributed by atoms with Gasteiger partial charge in [0, 0.05) is 11.8 Å². The Hall–Kier alpha value is -2.14. The first-order chi connectivity index (χ1) is 9.40. The van der Waals surface area contributed by atoms with Crippen molar-refractivity contribution in [2.75, 3.05) is 6.26 Å². The predicted octanol–water partition coefficient (Wildman–Crippen LogP) is 3.00. The summed E-state index contributed by atoms with van der Waals surface area (Å²) >= 11 is 0. The molecule has 2 aromatic rings. The molecule has 0 saturated carbocycles. The Bertz CT molecular complexity index is 748. The standard InChI is InChI=1S/C15H14O4S/c1-11-8-12(10-16)6-7-15(11)19-13-4-3-5-14(9-13)20(2,17)18/h3-10H,1-2H3. The Morgan fingerprint density at radius 1 is 1.10 bits per heavy atom. The Balaban J connectivity index is 2.33. The van der Waals surface area contributed by atoms with Gasteiger partial charge in [-0.2, -0.15) is 0 Å². The summed E-state index contributed by atoms with van der Waals surface area (Å²) in [7, 11) is -3.26. The topological polar surface area (TPSA) is 60.4 Å². The second-order valence-corrected chi connectivity index (χ2v) is 6.51. The van der Waals surface area contributed by atoms with Crippen LogP contribution in [0.15, 0.2) is 47.4 Å². The van der Waals surface area contributed by atoms with Gasteiger partial charge in [-0.05, 0) is 48.9 Å². The number of hydrogen-bond donors (Lipinski definition) is 0. The van der Waals surface area contributed by atoms with Crippen LogP contribution in [-0.4, -0.2) is 21.0 Å². The van der Waals surface area contributed by atoms with Crippen LogP contribution in [-0.2, 0) is 9.84 Å². The van der Waals surface area contributed by atoms with Gasteiger partial charge >= 0.3 is 0 Å². The molecule has 4 nitrogen and oxygen atoms in total. The number of aryl methyl sites for hydroxylation is 1. The first-order valence-electron chi connectivity index (χ1n) is 5.94. The van der Waals surface area contributed by atoms with Crippen LogP contribution in [0.3, 0.4) is 0 Å². The van der Waals surface area contributed by atoms with Crippen LogP contribution < -0.4 is 4.74 Å². The Labute approximate surface area is 117 Å². The smallest absolute Gasteiger partial charge is 0.175 e. The summed E-state index contributed by atoms with van der Waals surface area (Å²) in [6, 6.07) is 11.3. The van der Waals surface area contributed by atoms with Crippen LogP contribution in [0.5, 0.6) is 11.5 Å². The van der Waals surface area contributed by atoms with Gasteiger partial charge in [0.1, 0.15) is 17.8 Å². The van der Waals surface area contributed by atoms with Crippen LogP contribution in [0.4, 0.5) is 0 Å². The van der Waals surface area contributed by atoms with E-state index in [1.54, 1.807) is 30.3 Å². The van der Waals surface area contributed by atoms with Crippen molar-refractivity contribution in [3.63, 3.8) is 0 Å². The minimum absolute atomic E-state index is 0.206. The zero-order valence-corrected chi connectivity index (χ0v) is 12.0. The van der Waals surface area contributed by atoms with Gasteiger partial charge in [0.25, 0.3) is 0 Å². The third kappa shape index (κ3) is 3.24. The van der Waals surface area contributed by atoms with E-state index in [1.165, 1.54) is 12.1 Å². The fraction of sp³-hybridized carbons (Fsp3) is 0.133. The van der Waals surface area contributed by atoms with Crippen molar-refractivity contribution >= 4 is 16.1 Å². The summed E-state index contributed by atoms with van der Waals surface area (Å²) in [5, 5.41) is 0. The predicted molar refractivity (Wildman–Crippen MR) is 76.2 cm³/mol. The maximum atomic E-state index is 11.5. The molecule has 0 aliphatic rings. The molecule has 2 aromatic carbocycles. The molecule has 0 spiro atoms. The Morgan fingerprint density at radius 2 is 1.85 bits per heavy atom. The lowest BCUT2D eigenvalue weighted by Gasteiger charge is -2.10. The summed E-state index contributed by atoms with van der Waals surface area (Å²) in [6.07, 6.45) is 1.91. The average Bonchev–Trinajstić information content (AvgIpc) is 2.40. The van der Waals surface area contributed by atoms with Crippen LogP contribution in [0.2, 0.25) is 0 Å². The molecule has 0 aliphatic carbocycles. The molecule has 104 valence electrons. The SMILES string of the molecule is Cc1cc(C=O)ccc1Oc1cccc(S(C)(=O)=O)c1. The second-order valence-electron chi connectivity index (χ2n) is 4.49. The van der Waals surface area contributed by atoms with Crippen molar-refractivity contribution in [1.29, 1.82) is 0 Å². The number of sulfone groups is 1. The van der Waals surface area contributed by atoms with Crippen LogP contribution in [0.25, 0.3) is 0 Å². The number of aldehydes is 1. The van der Waals surface area contributed by atoms with Gasteiger partial charge in [-0.25, -0.2) is 8.42 Å². The van der Waals surface area contributed by atoms with Crippen LogP contribution in [0, 0.1) is 6.92 Å². The van der Waals surface area contributed by atoms with E-state index in [0.29, 0.717) is 17.1 Å². The highest BCUT2D eigenvalue weighted by molar-refractivity contribution is 7.90. The third-order valence-corrected chi connectivity index (χ3v) is 3.91. The molecule has 0 aliphatic heterocycles. The monoisotopic (exact) mass is 290 g/mol. The van der Waals surface area contributed by atoms with E-state index in [2.05, 4.69) is 0 Å². The molecular weight excluding hydrogens is 276 g/mol. The third-order valence-electron chi connectivity index (χ3n) is 2.80. The molecule has 0 aromatic heterocycles. The number of carbonyl (C=O) groups is 1. The van der Waals surface area contributed by atoms with E-state index in [1.807, 2.05) is 6.92 Å². The van der Waals surface area contributed by atoms with Gasteiger partial charge < -0.3 is 4.74 Å². The molecule has 20 heavy (non-hydrogen) atoms. The molecule has 0 unspecified atom stereocenters. The molecule has 0 amide bonds. The first-order valence-corrected chi connectivity index (χ1v) is 7.83. The molecule has 0 bridgehead atoms. The van der Waals surface area contributed by atoms with Gasteiger partial charge in [-0.15, -0.1) is 0 Å².